The van der Waals surface area contributed by atoms with Crippen LogP contribution in [0.15, 0.2) is 255 Å². The van der Waals surface area contributed by atoms with E-state index in [1.807, 2.05) is 24.4 Å². The molecule has 0 aliphatic carbocycles. The second-order valence-electron chi connectivity index (χ2n) is 27.4. The molecule has 0 spiro atoms. The van der Waals surface area contributed by atoms with Gasteiger partial charge in [-0.2, -0.15) is 6.07 Å². The van der Waals surface area contributed by atoms with Crippen LogP contribution in [-0.2, 0) is 37.3 Å². The fourth-order valence-electron chi connectivity index (χ4n) is 14.1. The van der Waals surface area contributed by atoms with E-state index in [4.69, 9.17) is 13.8 Å². The third-order valence-corrected chi connectivity index (χ3v) is 23.4. The number of rotatable bonds is 10. The summed E-state index contributed by atoms with van der Waals surface area (Å²) in [6.07, 6.45) is 1.92. The summed E-state index contributed by atoms with van der Waals surface area (Å²) in [5, 5.41) is 7.00. The smallest absolute Gasteiger partial charge is 0.135 e. The Bertz CT molecular complexity index is 5030. The minimum absolute atomic E-state index is 0. The molecule has 7 heteroatoms. The molecule has 2 aliphatic heterocycles. The minimum Gasteiger partial charge on any atom is -0.509 e. The number of nitrogens with zero attached hydrogens (tertiary/aromatic N) is 4. The van der Waals surface area contributed by atoms with Crippen molar-refractivity contribution in [2.75, 3.05) is 9.80 Å². The second kappa shape index (κ2) is 23.1. The summed E-state index contributed by atoms with van der Waals surface area (Å²) in [5.74, 6) is 1.87. The van der Waals surface area contributed by atoms with Gasteiger partial charge in [-0.1, -0.05) is 306 Å². The van der Waals surface area contributed by atoms with E-state index in [1.165, 1.54) is 32.3 Å². The topological polar surface area (TPSA) is 33.5 Å². The van der Waals surface area contributed by atoms with Gasteiger partial charge in [-0.15, -0.1) is 42.2 Å². The van der Waals surface area contributed by atoms with Gasteiger partial charge < -0.3 is 19.1 Å². The molecular formula is C85H73N4OPtSi-3. The number of aromatic nitrogens is 2. The summed E-state index contributed by atoms with van der Waals surface area (Å²) in [7, 11) is -3.28. The number of hydrogen-bond acceptors (Lipinski definition) is 4. The Hall–Kier alpha value is -9.32. The quantitative estimate of drug-likeness (QED) is 0.101. The van der Waals surface area contributed by atoms with Crippen molar-refractivity contribution in [1.29, 1.82) is 0 Å². The Morgan fingerprint density at radius 3 is 1.75 bits per heavy atom. The van der Waals surface area contributed by atoms with Crippen LogP contribution in [0, 0.1) is 25.7 Å². The second-order valence-corrected chi connectivity index (χ2v) is 31.1. The third kappa shape index (κ3) is 10.1. The molecule has 15 rings (SSSR count). The molecule has 0 saturated carbocycles. The Morgan fingerprint density at radius 1 is 0.500 bits per heavy atom. The molecule has 11 aromatic carbocycles. The van der Waals surface area contributed by atoms with Gasteiger partial charge in [-0.05, 0) is 91.7 Å². The van der Waals surface area contributed by atoms with Crippen LogP contribution in [0.4, 0.5) is 22.7 Å². The maximum absolute atomic E-state index is 8.31. The summed E-state index contributed by atoms with van der Waals surface area (Å²) in [6, 6.07) is 96.8. The van der Waals surface area contributed by atoms with E-state index in [2.05, 4.69) is 314 Å². The number of ether oxygens (including phenoxy) is 1. The van der Waals surface area contributed by atoms with Gasteiger partial charge in [0.05, 0.1) is 0 Å². The van der Waals surface area contributed by atoms with Gasteiger partial charge in [0.2, 0.25) is 0 Å². The van der Waals surface area contributed by atoms with E-state index in [1.54, 1.807) is 12.1 Å². The molecule has 0 fully saturated rings. The molecule has 0 unspecified atom stereocenters. The SMILES string of the molecule is [2H]C([2H])([2H])c1cccc(-c2cnc(-n3c4[c-]c(Oc5[c-]c(N6[CH-]N(c7c(-c8ccccc8)cccc7-c7cc(C(C)(C)C)cc(C(C)(C)C)c7)c7ccccc76)ccc5)c5c(c4c4ccccc43)-c3ccccc3[Si]5(c3ccccc3)c3ccccc3)cc2C(C)(C)C)c1.[Pt]. The number of hydrogen-bond donors (Lipinski definition) is 0. The van der Waals surface area contributed by atoms with E-state index in [-0.39, 0.29) is 42.9 Å². The minimum atomic E-state index is -3.28. The van der Waals surface area contributed by atoms with Crippen LogP contribution in [0.3, 0.4) is 0 Å². The monoisotopic (exact) mass is 1390 g/mol. The molecule has 0 bridgehead atoms. The van der Waals surface area contributed by atoms with Crippen molar-refractivity contribution in [1.82, 2.24) is 9.55 Å². The molecule has 0 radical (unpaired) electrons. The van der Waals surface area contributed by atoms with Crippen molar-refractivity contribution >= 4 is 73.4 Å². The van der Waals surface area contributed by atoms with Crippen LogP contribution in [0.5, 0.6) is 11.5 Å². The molecule has 0 atom stereocenters. The molecule has 4 heterocycles. The van der Waals surface area contributed by atoms with Crippen molar-refractivity contribution in [3.63, 3.8) is 0 Å². The summed E-state index contributed by atoms with van der Waals surface area (Å²) < 4.78 is 34.9. The van der Waals surface area contributed by atoms with E-state index in [0.29, 0.717) is 17.3 Å². The molecule has 13 aromatic rings. The zero-order valence-corrected chi connectivity index (χ0v) is 56.6. The van der Waals surface area contributed by atoms with Gasteiger partial charge in [0.15, 0.2) is 0 Å². The van der Waals surface area contributed by atoms with Crippen LogP contribution < -0.4 is 35.3 Å². The van der Waals surface area contributed by atoms with Gasteiger partial charge >= 0.3 is 0 Å². The van der Waals surface area contributed by atoms with Crippen molar-refractivity contribution in [3.05, 3.63) is 296 Å². The van der Waals surface area contributed by atoms with Crippen molar-refractivity contribution in [3.8, 4) is 61.8 Å². The molecule has 0 N–H and O–H groups in total. The normalized spacial score (nSPS) is 14.1. The van der Waals surface area contributed by atoms with Gasteiger partial charge in [-0.3, -0.25) is 0 Å². The van der Waals surface area contributed by atoms with Crippen molar-refractivity contribution in [2.45, 2.75) is 85.4 Å². The van der Waals surface area contributed by atoms with Crippen molar-refractivity contribution < 1.29 is 29.9 Å². The van der Waals surface area contributed by atoms with Crippen LogP contribution in [0.25, 0.3) is 72.1 Å². The van der Waals surface area contributed by atoms with Gasteiger partial charge in [-0.25, -0.2) is 4.98 Å². The predicted octanol–water partition coefficient (Wildman–Crippen LogP) is 19.5. The molecule has 2 aliphatic rings. The first-order valence-electron chi connectivity index (χ1n) is 33.1. The van der Waals surface area contributed by atoms with E-state index in [0.717, 1.165) is 94.2 Å². The van der Waals surface area contributed by atoms with Crippen molar-refractivity contribution in [2.24, 2.45) is 0 Å². The number of para-hydroxylation sites is 4. The maximum atomic E-state index is 8.31. The third-order valence-electron chi connectivity index (χ3n) is 18.5. The van der Waals surface area contributed by atoms with Gasteiger partial charge in [0, 0.05) is 82.1 Å². The van der Waals surface area contributed by atoms with E-state index < -0.39 is 14.9 Å². The summed E-state index contributed by atoms with van der Waals surface area (Å²) in [4.78, 5) is 9.99. The summed E-state index contributed by atoms with van der Waals surface area (Å²) in [6.45, 7) is 20.4. The van der Waals surface area contributed by atoms with Crippen LogP contribution in [-0.4, -0.2) is 17.6 Å². The Morgan fingerprint density at radius 2 is 1.08 bits per heavy atom. The summed E-state index contributed by atoms with van der Waals surface area (Å²) >= 11 is 0. The Kier molecular flexibility index (Phi) is 14.2. The Labute approximate surface area is 562 Å². The molecule has 2 aromatic heterocycles. The predicted molar refractivity (Wildman–Crippen MR) is 384 cm³/mol. The fourth-order valence-corrected chi connectivity index (χ4v) is 19.4. The van der Waals surface area contributed by atoms with Crippen LogP contribution >= 0.6 is 0 Å². The Balaban J connectivity index is 0.00000778. The number of pyridine rings is 1. The standard InChI is InChI=1S/C85H73N4OSi.Pt/c1-56-29-26-32-58(47-56)70-54-86-78(52-71(70)85(8,9)10)89-72-43-22-20-39-68(72)79-75(89)53-76(82-80(79)69-40-21-25-46-77(69)91(82,64-35-16-12-17-36-64)65-37-18-13-19-38-65)90-63-34-27-33-62(51-63)87-55-88(74-45-24-23-44-73(74)87)81-66(57-30-14-11-15-31-57)41-28-42-67(81)59-48-60(83(2,3)4)50-61(49-59)84(5,6)7;/h11-50,52,54-55H,1-10H3;/q-3;/i1D3;. The van der Waals surface area contributed by atoms with E-state index in [9.17, 15) is 0 Å². The number of benzene rings is 11. The van der Waals surface area contributed by atoms with E-state index >= 15 is 0 Å². The maximum Gasteiger partial charge on any atom is 0.135 e. The first kappa shape index (κ1) is 56.6. The average Bonchev–Trinajstić information content (AvgIpc) is 1.51. The number of fused-ring (bicyclic) bond motifs is 8. The van der Waals surface area contributed by atoms with Gasteiger partial charge in [0.25, 0.3) is 0 Å². The number of anilines is 4. The molecular weight excluding hydrogens is 1320 g/mol. The zero-order chi connectivity index (χ0) is 65.1. The van der Waals surface area contributed by atoms with Crippen LogP contribution in [0.2, 0.25) is 0 Å². The number of aryl methyl sites for hydroxylation is 1. The zero-order valence-electron chi connectivity index (χ0n) is 56.3. The largest absolute Gasteiger partial charge is 0.509 e. The molecule has 92 heavy (non-hydrogen) atoms. The first-order valence-corrected chi connectivity index (χ1v) is 33.6. The molecule has 0 saturated heterocycles. The first-order chi connectivity index (χ1) is 45.2. The molecule has 5 nitrogen and oxygen atoms in total. The fraction of sp³-hybridized carbons (Fsp3) is 0.153. The average molecular weight is 1390 g/mol. The molecule has 456 valence electrons. The molecule has 0 amide bonds. The van der Waals surface area contributed by atoms with Crippen LogP contribution in [0.1, 0.15) is 88.7 Å². The van der Waals surface area contributed by atoms with Gasteiger partial charge in [0.1, 0.15) is 13.9 Å². The summed E-state index contributed by atoms with van der Waals surface area (Å²) in [5.41, 5.74) is 17.6.